The van der Waals surface area contributed by atoms with E-state index in [1.54, 1.807) is 0 Å². The van der Waals surface area contributed by atoms with Crippen LogP contribution in [0.4, 0.5) is 4.39 Å². The molecule has 0 amide bonds. The van der Waals surface area contributed by atoms with Gasteiger partial charge in [0.15, 0.2) is 0 Å². The molecule has 18 heavy (non-hydrogen) atoms. The molecule has 4 nitrogen and oxygen atoms in total. The molecule has 1 aromatic carbocycles. The fourth-order valence-corrected chi connectivity index (χ4v) is 3.67. The highest BCUT2D eigenvalue weighted by molar-refractivity contribution is 7.89. The first-order valence-electron chi connectivity index (χ1n) is 5.99. The molecule has 100 valence electrons. The van der Waals surface area contributed by atoms with Crippen molar-refractivity contribution >= 4 is 10.0 Å². The van der Waals surface area contributed by atoms with Crippen LogP contribution in [0.1, 0.15) is 25.3 Å². The predicted octanol–water partition coefficient (Wildman–Crippen LogP) is 1.36. The zero-order chi connectivity index (χ0) is 13.3. The molecule has 1 saturated carbocycles. The molecule has 6 heteroatoms. The van der Waals surface area contributed by atoms with Crippen LogP contribution in [-0.4, -0.2) is 14.5 Å². The Morgan fingerprint density at radius 2 is 2.22 bits per heavy atom. The lowest BCUT2D eigenvalue weighted by Crippen LogP contribution is -2.28. The summed E-state index contributed by atoms with van der Waals surface area (Å²) < 4.78 is 40.4. The smallest absolute Gasteiger partial charge is 0.241 e. The highest BCUT2D eigenvalue weighted by Crippen LogP contribution is 2.34. The van der Waals surface area contributed by atoms with Crippen LogP contribution in [0.25, 0.3) is 0 Å². The van der Waals surface area contributed by atoms with Crippen molar-refractivity contribution in [3.63, 3.8) is 0 Å². The van der Waals surface area contributed by atoms with Gasteiger partial charge in [-0.15, -0.1) is 0 Å². The number of hydrogen-bond donors (Lipinski definition) is 2. The van der Waals surface area contributed by atoms with E-state index in [4.69, 9.17) is 5.73 Å². The number of benzene rings is 1. The van der Waals surface area contributed by atoms with Gasteiger partial charge in [0.1, 0.15) is 5.82 Å². The summed E-state index contributed by atoms with van der Waals surface area (Å²) >= 11 is 0. The second kappa shape index (κ2) is 4.95. The van der Waals surface area contributed by atoms with Gasteiger partial charge in [0.2, 0.25) is 10.0 Å². The zero-order valence-corrected chi connectivity index (χ0v) is 11.0. The van der Waals surface area contributed by atoms with E-state index in [0.29, 0.717) is 5.92 Å². The van der Waals surface area contributed by atoms with Crippen LogP contribution >= 0.6 is 0 Å². The SMILES string of the molecule is CCC1CC1NS(=O)(=O)c1cccc(F)c1CN. The van der Waals surface area contributed by atoms with Crippen LogP contribution in [0, 0.1) is 11.7 Å². The van der Waals surface area contributed by atoms with E-state index in [-0.39, 0.29) is 23.0 Å². The quantitative estimate of drug-likeness (QED) is 0.850. The van der Waals surface area contributed by atoms with Crippen LogP contribution in [0.15, 0.2) is 23.1 Å². The van der Waals surface area contributed by atoms with E-state index in [1.165, 1.54) is 18.2 Å². The maximum absolute atomic E-state index is 13.5. The Morgan fingerprint density at radius 3 is 2.78 bits per heavy atom. The molecule has 2 atom stereocenters. The third kappa shape index (κ3) is 2.55. The van der Waals surface area contributed by atoms with Crippen molar-refractivity contribution < 1.29 is 12.8 Å². The molecule has 1 aliphatic rings. The summed E-state index contributed by atoms with van der Waals surface area (Å²) in [4.78, 5) is -0.0493. The summed E-state index contributed by atoms with van der Waals surface area (Å²) in [6.07, 6.45) is 1.79. The van der Waals surface area contributed by atoms with Gasteiger partial charge in [-0.05, 0) is 24.5 Å². The summed E-state index contributed by atoms with van der Waals surface area (Å²) in [6, 6.07) is 3.96. The molecule has 0 aliphatic heterocycles. The van der Waals surface area contributed by atoms with E-state index in [0.717, 1.165) is 12.8 Å². The average Bonchev–Trinajstić information content (AvgIpc) is 3.06. The Morgan fingerprint density at radius 1 is 1.50 bits per heavy atom. The largest absolute Gasteiger partial charge is 0.326 e. The molecule has 1 aliphatic carbocycles. The second-order valence-corrected chi connectivity index (χ2v) is 6.23. The van der Waals surface area contributed by atoms with Crippen molar-refractivity contribution in [2.24, 2.45) is 11.7 Å². The molecule has 0 radical (unpaired) electrons. The third-order valence-electron chi connectivity index (χ3n) is 3.32. The molecule has 2 rings (SSSR count). The standard InChI is InChI=1S/C12H17FN2O2S/c1-2-8-6-11(8)15-18(16,17)12-5-3-4-10(13)9(12)7-14/h3-5,8,11,15H,2,6-7,14H2,1H3. The minimum Gasteiger partial charge on any atom is -0.326 e. The number of sulfonamides is 1. The van der Waals surface area contributed by atoms with Gasteiger partial charge < -0.3 is 5.73 Å². The van der Waals surface area contributed by atoms with Crippen molar-refractivity contribution in [1.29, 1.82) is 0 Å². The average molecular weight is 272 g/mol. The van der Waals surface area contributed by atoms with Crippen molar-refractivity contribution in [3.8, 4) is 0 Å². The van der Waals surface area contributed by atoms with Gasteiger partial charge in [-0.3, -0.25) is 0 Å². The molecule has 1 aromatic rings. The molecular formula is C12H17FN2O2S. The number of rotatable bonds is 5. The highest BCUT2D eigenvalue weighted by atomic mass is 32.2. The molecule has 0 heterocycles. The van der Waals surface area contributed by atoms with Crippen molar-refractivity contribution in [3.05, 3.63) is 29.6 Å². The maximum Gasteiger partial charge on any atom is 0.241 e. The Kier molecular flexibility index (Phi) is 3.70. The lowest BCUT2D eigenvalue weighted by Gasteiger charge is -2.10. The van der Waals surface area contributed by atoms with Crippen LogP contribution in [0.3, 0.4) is 0 Å². The molecule has 3 N–H and O–H groups in total. The summed E-state index contributed by atoms with van der Waals surface area (Å²) in [5.74, 6) is -0.183. The monoisotopic (exact) mass is 272 g/mol. The van der Waals surface area contributed by atoms with Crippen LogP contribution in [0.2, 0.25) is 0 Å². The minimum atomic E-state index is -3.68. The maximum atomic E-state index is 13.5. The van der Waals surface area contributed by atoms with E-state index >= 15 is 0 Å². The molecular weight excluding hydrogens is 255 g/mol. The van der Waals surface area contributed by atoms with Crippen molar-refractivity contribution in [2.75, 3.05) is 0 Å². The van der Waals surface area contributed by atoms with Gasteiger partial charge in [0.25, 0.3) is 0 Å². The lowest BCUT2D eigenvalue weighted by atomic mass is 10.2. The molecule has 0 spiro atoms. The van der Waals surface area contributed by atoms with Crippen molar-refractivity contribution in [2.45, 2.75) is 37.2 Å². The molecule has 0 saturated heterocycles. The normalized spacial score (nSPS) is 23.1. The van der Waals surface area contributed by atoms with Crippen LogP contribution in [0.5, 0.6) is 0 Å². The Hall–Kier alpha value is -0.980. The van der Waals surface area contributed by atoms with Crippen LogP contribution < -0.4 is 10.5 Å². The summed E-state index contributed by atoms with van der Waals surface area (Å²) in [7, 11) is -3.68. The fraction of sp³-hybridized carbons (Fsp3) is 0.500. The van der Waals surface area contributed by atoms with E-state index in [2.05, 4.69) is 4.72 Å². The first kappa shape index (κ1) is 13.5. The minimum absolute atomic E-state index is 0.0195. The summed E-state index contributed by atoms with van der Waals surface area (Å²) in [5.41, 5.74) is 5.46. The zero-order valence-electron chi connectivity index (χ0n) is 10.2. The number of hydrogen-bond acceptors (Lipinski definition) is 3. The van der Waals surface area contributed by atoms with Gasteiger partial charge >= 0.3 is 0 Å². The van der Waals surface area contributed by atoms with Gasteiger partial charge in [0.05, 0.1) is 4.90 Å². The van der Waals surface area contributed by atoms with E-state index in [1.807, 2.05) is 6.92 Å². The van der Waals surface area contributed by atoms with Gasteiger partial charge in [0, 0.05) is 18.2 Å². The summed E-state index contributed by atoms with van der Waals surface area (Å²) in [6.45, 7) is 1.89. The van der Waals surface area contributed by atoms with Gasteiger partial charge in [-0.1, -0.05) is 19.4 Å². The second-order valence-electron chi connectivity index (χ2n) is 4.55. The Bertz CT molecular complexity index is 545. The number of nitrogens with one attached hydrogen (secondary N) is 1. The van der Waals surface area contributed by atoms with E-state index in [9.17, 15) is 12.8 Å². The first-order chi connectivity index (χ1) is 8.49. The Balaban J connectivity index is 2.27. The van der Waals surface area contributed by atoms with Crippen LogP contribution in [-0.2, 0) is 16.6 Å². The highest BCUT2D eigenvalue weighted by Gasteiger charge is 2.39. The molecule has 0 aromatic heterocycles. The number of nitrogens with two attached hydrogens (primary N) is 1. The Labute approximate surface area is 106 Å². The lowest BCUT2D eigenvalue weighted by molar-refractivity contribution is 0.567. The predicted molar refractivity (Wildman–Crippen MR) is 66.8 cm³/mol. The van der Waals surface area contributed by atoms with Crippen molar-refractivity contribution in [1.82, 2.24) is 4.72 Å². The topological polar surface area (TPSA) is 72.2 Å². The molecule has 1 fully saturated rings. The summed E-state index contributed by atoms with van der Waals surface area (Å²) in [5, 5.41) is 0. The first-order valence-corrected chi connectivity index (χ1v) is 7.47. The van der Waals surface area contributed by atoms with Gasteiger partial charge in [-0.2, -0.15) is 0 Å². The third-order valence-corrected chi connectivity index (χ3v) is 4.90. The molecule has 2 unspecified atom stereocenters. The molecule has 0 bridgehead atoms. The van der Waals surface area contributed by atoms with E-state index < -0.39 is 15.8 Å². The fourth-order valence-electron chi connectivity index (χ4n) is 2.09. The number of halogens is 1. The van der Waals surface area contributed by atoms with Gasteiger partial charge in [-0.25, -0.2) is 17.5 Å².